The maximum absolute atomic E-state index is 15.4. The van der Waals surface area contributed by atoms with Crippen molar-refractivity contribution in [2.45, 2.75) is 30.1 Å². The Labute approximate surface area is 558 Å². The van der Waals surface area contributed by atoms with E-state index >= 15 is 8.78 Å². The molecule has 0 bridgehead atoms. The zero-order valence-electron chi connectivity index (χ0n) is 53.0. The van der Waals surface area contributed by atoms with Crippen LogP contribution < -0.4 is 14.4 Å². The summed E-state index contributed by atoms with van der Waals surface area (Å²) in [6, 6.07) is 107. The van der Waals surface area contributed by atoms with Crippen molar-refractivity contribution in [3.05, 3.63) is 401 Å². The van der Waals surface area contributed by atoms with Gasteiger partial charge in [-0.2, -0.15) is 0 Å². The number of anilines is 3. The molecule has 17 rings (SSSR count). The number of nitrogens with zero attached hydrogens (tertiary/aromatic N) is 1. The van der Waals surface area contributed by atoms with Crippen molar-refractivity contribution in [3.8, 4) is 67.5 Å². The largest absolute Gasteiger partial charge is 0.457 e. The predicted octanol–water partition coefficient (Wildman–Crippen LogP) is 24.2. The van der Waals surface area contributed by atoms with Crippen molar-refractivity contribution < 1.29 is 18.3 Å². The maximum Gasteiger partial charge on any atom is 0.127 e. The van der Waals surface area contributed by atoms with Crippen LogP contribution in [0.15, 0.2) is 323 Å². The Morgan fingerprint density at radius 2 is 0.635 bits per heavy atom. The van der Waals surface area contributed by atoms with Gasteiger partial charge in [0, 0.05) is 22.5 Å². The fraction of sp³-hybridized carbons (Fsp3) is 0.0549. The molecule has 3 aliphatic rings. The number of hydrogen-bond acceptors (Lipinski definition) is 3. The lowest BCUT2D eigenvalue weighted by Crippen LogP contribution is -2.29. The van der Waals surface area contributed by atoms with Gasteiger partial charge < -0.3 is 14.4 Å². The van der Waals surface area contributed by atoms with Gasteiger partial charge in [-0.15, -0.1) is 0 Å². The van der Waals surface area contributed by atoms with E-state index in [0.717, 1.165) is 111 Å². The van der Waals surface area contributed by atoms with E-state index in [2.05, 4.69) is 220 Å². The van der Waals surface area contributed by atoms with Crippen LogP contribution in [0.2, 0.25) is 0 Å². The van der Waals surface area contributed by atoms with Crippen LogP contribution in [0.4, 0.5) is 25.8 Å². The number of benzene rings is 14. The molecule has 0 amide bonds. The van der Waals surface area contributed by atoms with E-state index in [4.69, 9.17) is 9.47 Å². The molecule has 3 nitrogen and oxygen atoms in total. The molecule has 96 heavy (non-hydrogen) atoms. The standard InChI is InChI=1S/C91H63F2NO2/c1-5-58-19-42-73(43-20-58)95-75-46-31-66(32-47-75)90(64-27-35-68(92)36-28-64)84-17-11-8-14-78(84)81-51-40-71(56-87(81)90)94(70-39-25-61-53-60(23-24-62(61)54-70)63-26-50-80-77-13-7-10-16-83(77)89(3,4)86(80)55-63)72-41-52-82-79-15-9-12-18-85(79)91(88(82)57-72,65-29-37-69(93)38-30-65)67-33-48-76(49-34-67)96-74-44-21-59(6-2)22-45-74/h5-57H,1-2H2,3-4H3. The maximum atomic E-state index is 15.4. The summed E-state index contributed by atoms with van der Waals surface area (Å²) in [4.78, 5) is 2.38. The van der Waals surface area contributed by atoms with E-state index in [-0.39, 0.29) is 17.0 Å². The average molecular weight is 1240 g/mol. The quantitative estimate of drug-likeness (QED) is 0.108. The zero-order valence-corrected chi connectivity index (χ0v) is 53.0. The number of rotatable bonds is 14. The molecule has 2 unspecified atom stereocenters. The molecule has 0 heterocycles. The topological polar surface area (TPSA) is 21.7 Å². The highest BCUT2D eigenvalue weighted by Crippen LogP contribution is 2.60. The minimum Gasteiger partial charge on any atom is -0.457 e. The minimum absolute atomic E-state index is 0.132. The first kappa shape index (κ1) is 57.9. The number of fused-ring (bicyclic) bond motifs is 10. The smallest absolute Gasteiger partial charge is 0.127 e. The Kier molecular flexibility index (Phi) is 13.7. The van der Waals surface area contributed by atoms with Gasteiger partial charge in [0.25, 0.3) is 0 Å². The van der Waals surface area contributed by atoms with E-state index in [1.807, 2.05) is 109 Å². The van der Waals surface area contributed by atoms with Crippen molar-refractivity contribution in [3.63, 3.8) is 0 Å². The second-order valence-corrected chi connectivity index (χ2v) is 25.9. The van der Waals surface area contributed by atoms with E-state index in [1.54, 1.807) is 24.3 Å². The van der Waals surface area contributed by atoms with Crippen LogP contribution >= 0.6 is 0 Å². The lowest BCUT2D eigenvalue weighted by atomic mass is 9.67. The van der Waals surface area contributed by atoms with Gasteiger partial charge in [-0.3, -0.25) is 0 Å². The van der Waals surface area contributed by atoms with Crippen LogP contribution in [0, 0.1) is 11.6 Å². The average Bonchev–Trinajstić information content (AvgIpc) is 1.53. The third kappa shape index (κ3) is 9.21. The molecule has 0 aromatic heterocycles. The summed E-state index contributed by atoms with van der Waals surface area (Å²) in [7, 11) is 0. The van der Waals surface area contributed by atoms with E-state index < -0.39 is 10.8 Å². The third-order valence-corrected chi connectivity index (χ3v) is 20.4. The van der Waals surface area contributed by atoms with Gasteiger partial charge >= 0.3 is 0 Å². The summed E-state index contributed by atoms with van der Waals surface area (Å²) in [5, 5.41) is 2.19. The fourth-order valence-electron chi connectivity index (χ4n) is 15.8. The summed E-state index contributed by atoms with van der Waals surface area (Å²) in [5.41, 5.74) is 22.9. The van der Waals surface area contributed by atoms with Gasteiger partial charge in [0.05, 0.1) is 10.8 Å². The summed E-state index contributed by atoms with van der Waals surface area (Å²) in [6.07, 6.45) is 3.63. The Hall–Kier alpha value is -11.9. The van der Waals surface area contributed by atoms with Gasteiger partial charge in [-0.05, 0) is 243 Å². The monoisotopic (exact) mass is 1240 g/mol. The highest BCUT2D eigenvalue weighted by molar-refractivity contribution is 5.96. The summed E-state index contributed by atoms with van der Waals surface area (Å²) < 4.78 is 43.8. The first-order valence-electron chi connectivity index (χ1n) is 32.6. The van der Waals surface area contributed by atoms with Crippen molar-refractivity contribution >= 4 is 40.0 Å². The summed E-state index contributed by atoms with van der Waals surface area (Å²) in [5.74, 6) is 2.17. The predicted molar refractivity (Wildman–Crippen MR) is 389 cm³/mol. The lowest BCUT2D eigenvalue weighted by Gasteiger charge is -2.36. The van der Waals surface area contributed by atoms with Crippen molar-refractivity contribution in [2.75, 3.05) is 4.90 Å². The van der Waals surface area contributed by atoms with Crippen molar-refractivity contribution in [1.29, 1.82) is 0 Å². The molecule has 0 saturated carbocycles. The molecular formula is C91H63F2NO2. The molecule has 458 valence electrons. The second-order valence-electron chi connectivity index (χ2n) is 25.9. The van der Waals surface area contributed by atoms with Crippen LogP contribution in [0.5, 0.6) is 23.0 Å². The molecule has 0 spiro atoms. The Morgan fingerprint density at radius 1 is 0.302 bits per heavy atom. The summed E-state index contributed by atoms with van der Waals surface area (Å²) >= 11 is 0. The Balaban J connectivity index is 0.860. The number of halogens is 2. The van der Waals surface area contributed by atoms with E-state index in [1.165, 1.54) is 27.8 Å². The van der Waals surface area contributed by atoms with E-state index in [0.29, 0.717) is 23.0 Å². The molecule has 0 radical (unpaired) electrons. The summed E-state index contributed by atoms with van der Waals surface area (Å²) in [6.45, 7) is 12.5. The molecule has 0 N–H and O–H groups in total. The molecular weight excluding hydrogens is 1180 g/mol. The van der Waals surface area contributed by atoms with Crippen LogP contribution in [-0.2, 0) is 16.2 Å². The zero-order chi connectivity index (χ0) is 64.9. The van der Waals surface area contributed by atoms with Crippen LogP contribution in [0.25, 0.3) is 67.4 Å². The molecule has 5 heteroatoms. The molecule has 0 saturated heterocycles. The molecule has 3 aliphatic carbocycles. The van der Waals surface area contributed by atoms with Gasteiger partial charge in [-0.1, -0.05) is 227 Å². The Morgan fingerprint density at radius 3 is 1.10 bits per heavy atom. The van der Waals surface area contributed by atoms with Gasteiger partial charge in [0.1, 0.15) is 34.6 Å². The second kappa shape index (κ2) is 22.7. The first-order chi connectivity index (χ1) is 47.0. The van der Waals surface area contributed by atoms with E-state index in [9.17, 15) is 0 Å². The van der Waals surface area contributed by atoms with Crippen molar-refractivity contribution in [2.24, 2.45) is 0 Å². The molecule has 0 aliphatic heterocycles. The highest BCUT2D eigenvalue weighted by atomic mass is 19.1. The first-order valence-corrected chi connectivity index (χ1v) is 32.6. The van der Waals surface area contributed by atoms with Crippen LogP contribution in [0.3, 0.4) is 0 Å². The third-order valence-electron chi connectivity index (χ3n) is 20.4. The molecule has 0 fully saturated rings. The number of ether oxygens (including phenoxy) is 2. The van der Waals surface area contributed by atoms with Gasteiger partial charge in [-0.25, -0.2) is 8.78 Å². The van der Waals surface area contributed by atoms with Crippen LogP contribution in [0.1, 0.15) is 80.6 Å². The van der Waals surface area contributed by atoms with Crippen molar-refractivity contribution in [1.82, 2.24) is 0 Å². The normalized spacial score (nSPS) is 15.8. The molecule has 14 aromatic rings. The number of hydrogen-bond donors (Lipinski definition) is 0. The van der Waals surface area contributed by atoms with Gasteiger partial charge in [0.15, 0.2) is 0 Å². The minimum atomic E-state index is -0.914. The SMILES string of the molecule is C=Cc1ccc(Oc2ccc(C3(c4ccc(F)cc4)c4ccccc4-c4ccc(N(c5ccc6c(c5)C(c5ccc(F)cc5)(c5ccc(Oc7ccc(C=C)cc7)cc5)c5ccccc5-6)c5ccc6cc(-c7ccc8c(c7)C(C)(C)c7ccccc7-8)ccc6c5)cc43)cc2)cc1. The lowest BCUT2D eigenvalue weighted by molar-refractivity contribution is 0.482. The van der Waals surface area contributed by atoms with Crippen LogP contribution in [-0.4, -0.2) is 0 Å². The Bertz CT molecular complexity index is 5180. The molecule has 14 aromatic carbocycles. The molecule has 2 atom stereocenters. The highest BCUT2D eigenvalue weighted by Gasteiger charge is 2.49. The fourth-order valence-corrected chi connectivity index (χ4v) is 15.8. The van der Waals surface area contributed by atoms with Gasteiger partial charge in [0.2, 0.25) is 0 Å².